The van der Waals surface area contributed by atoms with Gasteiger partial charge in [-0.15, -0.1) is 11.3 Å². The minimum Gasteiger partial charge on any atom is -0.383 e. The van der Waals surface area contributed by atoms with Gasteiger partial charge in [0.25, 0.3) is 0 Å². The summed E-state index contributed by atoms with van der Waals surface area (Å²) in [6, 6.07) is 18.2. The second kappa shape index (κ2) is 4.32. The van der Waals surface area contributed by atoms with Crippen LogP contribution in [0, 0.1) is 0 Å². The van der Waals surface area contributed by atoms with Gasteiger partial charge in [-0.1, -0.05) is 36.4 Å². The number of aliphatic hydroxyl groups is 1. The third kappa shape index (κ3) is 1.97. The van der Waals surface area contributed by atoms with Crippen molar-refractivity contribution in [1.29, 1.82) is 0 Å². The Hall–Kier alpha value is -1.64. The lowest BCUT2D eigenvalue weighted by molar-refractivity contribution is 0.224. The van der Waals surface area contributed by atoms with Crippen LogP contribution in [0.25, 0.3) is 11.1 Å². The maximum Gasteiger partial charge on any atom is 0.113 e. The fraction of sp³-hybridized carbons (Fsp3) is 0.0667. The highest BCUT2D eigenvalue weighted by atomic mass is 32.1. The largest absolute Gasteiger partial charge is 0.383 e. The molecule has 84 valence electrons. The molecule has 2 aliphatic carbocycles. The van der Waals surface area contributed by atoms with Crippen LogP contribution in [0.15, 0.2) is 60.0 Å². The molecule has 0 fully saturated rings. The minimum atomic E-state index is -0.507. The van der Waals surface area contributed by atoms with Crippen molar-refractivity contribution in [3.05, 3.63) is 70.4 Å². The van der Waals surface area contributed by atoms with E-state index in [-0.39, 0.29) is 0 Å². The highest BCUT2D eigenvalue weighted by Crippen LogP contribution is 2.32. The zero-order chi connectivity index (χ0) is 11.7. The number of hydrogen-bond donors (Lipinski definition) is 1. The van der Waals surface area contributed by atoms with Crippen LogP contribution in [0.1, 0.15) is 16.5 Å². The predicted molar refractivity (Wildman–Crippen MR) is 71.4 cm³/mol. The third-order valence-corrected chi connectivity index (χ3v) is 3.80. The van der Waals surface area contributed by atoms with Gasteiger partial charge in [0.2, 0.25) is 0 Å². The zero-order valence-electron chi connectivity index (χ0n) is 9.21. The fourth-order valence-electron chi connectivity index (χ4n) is 2.01. The Labute approximate surface area is 104 Å². The van der Waals surface area contributed by atoms with Gasteiger partial charge in [0.05, 0.1) is 0 Å². The molecule has 0 amide bonds. The molecule has 17 heavy (non-hydrogen) atoms. The van der Waals surface area contributed by atoms with Gasteiger partial charge < -0.3 is 5.11 Å². The summed E-state index contributed by atoms with van der Waals surface area (Å²) in [4.78, 5) is 0.990. The van der Waals surface area contributed by atoms with Crippen molar-refractivity contribution < 1.29 is 5.11 Å². The monoisotopic (exact) mass is 240 g/mol. The number of thiophene rings is 1. The molecule has 1 N–H and O–H groups in total. The summed E-state index contributed by atoms with van der Waals surface area (Å²) in [5.74, 6) is 0. The van der Waals surface area contributed by atoms with Crippen LogP contribution in [-0.2, 0) is 0 Å². The quantitative estimate of drug-likeness (QED) is 0.719. The smallest absolute Gasteiger partial charge is 0.113 e. The average molecular weight is 240 g/mol. The Balaban J connectivity index is 2.05. The van der Waals surface area contributed by atoms with E-state index in [1.807, 2.05) is 35.7 Å². The molecular formula is C15H12OS. The Morgan fingerprint density at radius 3 is 2.18 bits per heavy atom. The van der Waals surface area contributed by atoms with E-state index in [1.165, 1.54) is 11.1 Å². The molecule has 0 saturated heterocycles. The normalized spacial score (nSPS) is 12.8. The van der Waals surface area contributed by atoms with Crippen molar-refractivity contribution in [3.63, 3.8) is 0 Å². The first-order chi connectivity index (χ1) is 8.34. The molecule has 1 aromatic heterocycles. The minimum absolute atomic E-state index is 0.507. The summed E-state index contributed by atoms with van der Waals surface area (Å²) in [5, 5.41) is 12.2. The van der Waals surface area contributed by atoms with Gasteiger partial charge in [0.1, 0.15) is 6.10 Å². The molecule has 2 heteroatoms. The van der Waals surface area contributed by atoms with E-state index in [0.717, 1.165) is 10.4 Å². The van der Waals surface area contributed by atoms with Crippen LogP contribution in [0.2, 0.25) is 0 Å². The second-order valence-corrected chi connectivity index (χ2v) is 5.01. The lowest BCUT2D eigenvalue weighted by Crippen LogP contribution is -1.93. The van der Waals surface area contributed by atoms with E-state index >= 15 is 0 Å². The van der Waals surface area contributed by atoms with Gasteiger partial charge in [-0.3, -0.25) is 0 Å². The standard InChI is InChI=1S/C15H12OS/c16-15(14-7-4-8-17-14)13-9-11-5-2-1-3-6-12(11)10-13/h1-10,15-16H. The molecule has 3 rings (SSSR count). The summed E-state index contributed by atoms with van der Waals surface area (Å²) in [6.07, 6.45) is -0.507. The maximum absolute atomic E-state index is 10.3. The first kappa shape index (κ1) is 10.5. The summed E-state index contributed by atoms with van der Waals surface area (Å²) in [7, 11) is 0. The molecule has 1 nitrogen and oxygen atoms in total. The predicted octanol–water partition coefficient (Wildman–Crippen LogP) is 3.93. The molecule has 0 radical (unpaired) electrons. The molecular weight excluding hydrogens is 228 g/mol. The number of hydrogen-bond acceptors (Lipinski definition) is 2. The molecule has 0 saturated carbocycles. The van der Waals surface area contributed by atoms with Crippen molar-refractivity contribution in [2.45, 2.75) is 6.10 Å². The topological polar surface area (TPSA) is 20.2 Å². The van der Waals surface area contributed by atoms with Crippen molar-refractivity contribution in [2.75, 3.05) is 0 Å². The van der Waals surface area contributed by atoms with Crippen LogP contribution >= 0.6 is 11.3 Å². The fourth-order valence-corrected chi connectivity index (χ4v) is 2.74. The summed E-state index contributed by atoms with van der Waals surface area (Å²) in [6.45, 7) is 0. The van der Waals surface area contributed by atoms with E-state index in [9.17, 15) is 5.11 Å². The molecule has 1 heterocycles. The van der Waals surface area contributed by atoms with Crippen LogP contribution in [-0.4, -0.2) is 5.11 Å². The molecule has 1 aromatic rings. The van der Waals surface area contributed by atoms with Gasteiger partial charge in [-0.2, -0.15) is 0 Å². The molecule has 2 aliphatic rings. The van der Waals surface area contributed by atoms with Crippen LogP contribution < -0.4 is 0 Å². The van der Waals surface area contributed by atoms with E-state index < -0.39 is 6.10 Å². The Bertz CT molecular complexity index is 555. The van der Waals surface area contributed by atoms with E-state index in [4.69, 9.17) is 0 Å². The number of aliphatic hydroxyl groups excluding tert-OH is 1. The van der Waals surface area contributed by atoms with Crippen molar-refractivity contribution in [1.82, 2.24) is 0 Å². The second-order valence-electron chi connectivity index (χ2n) is 4.03. The lowest BCUT2D eigenvalue weighted by Gasteiger charge is -2.04. The Morgan fingerprint density at radius 2 is 1.59 bits per heavy atom. The highest BCUT2D eigenvalue weighted by Gasteiger charge is 2.15. The van der Waals surface area contributed by atoms with Gasteiger partial charge >= 0.3 is 0 Å². The molecule has 1 atom stereocenters. The highest BCUT2D eigenvalue weighted by molar-refractivity contribution is 7.10. The first-order valence-electron chi connectivity index (χ1n) is 5.55. The maximum atomic E-state index is 10.3. The third-order valence-electron chi connectivity index (χ3n) is 2.88. The summed E-state index contributed by atoms with van der Waals surface area (Å²) < 4.78 is 0. The van der Waals surface area contributed by atoms with Crippen LogP contribution in [0.4, 0.5) is 0 Å². The van der Waals surface area contributed by atoms with Gasteiger partial charge in [-0.25, -0.2) is 0 Å². The SMILES string of the molecule is OC(c1cc2cccccc-2c1)c1cccs1. The first-order valence-corrected chi connectivity index (χ1v) is 6.43. The van der Waals surface area contributed by atoms with Gasteiger partial charge in [0.15, 0.2) is 0 Å². The van der Waals surface area contributed by atoms with E-state index in [2.05, 4.69) is 24.3 Å². The zero-order valence-corrected chi connectivity index (χ0v) is 10.0. The molecule has 0 aliphatic heterocycles. The van der Waals surface area contributed by atoms with Gasteiger partial charge in [0, 0.05) is 4.88 Å². The van der Waals surface area contributed by atoms with Crippen molar-refractivity contribution in [3.8, 4) is 11.1 Å². The molecule has 0 bridgehead atoms. The average Bonchev–Trinajstić information content (AvgIpc) is 2.95. The van der Waals surface area contributed by atoms with Crippen LogP contribution in [0.3, 0.4) is 0 Å². The van der Waals surface area contributed by atoms with Gasteiger partial charge in [-0.05, 0) is 40.3 Å². The lowest BCUT2D eigenvalue weighted by atomic mass is 10.1. The van der Waals surface area contributed by atoms with Crippen molar-refractivity contribution >= 4 is 11.3 Å². The number of rotatable bonds is 2. The summed E-state index contributed by atoms with van der Waals surface area (Å²) >= 11 is 1.58. The number of fused-ring (bicyclic) bond motifs is 1. The molecule has 0 spiro atoms. The Kier molecular flexibility index (Phi) is 2.67. The molecule has 0 aromatic carbocycles. The van der Waals surface area contributed by atoms with Crippen molar-refractivity contribution in [2.24, 2.45) is 0 Å². The van der Waals surface area contributed by atoms with E-state index in [1.54, 1.807) is 11.3 Å². The summed E-state index contributed by atoms with van der Waals surface area (Å²) in [5.41, 5.74) is 3.30. The van der Waals surface area contributed by atoms with Crippen LogP contribution in [0.5, 0.6) is 0 Å². The molecule has 1 unspecified atom stereocenters. The van der Waals surface area contributed by atoms with E-state index in [0.29, 0.717) is 0 Å². The Morgan fingerprint density at radius 1 is 0.882 bits per heavy atom.